The van der Waals surface area contributed by atoms with Gasteiger partial charge in [-0.05, 0) is 25.1 Å². The summed E-state index contributed by atoms with van der Waals surface area (Å²) in [6, 6.07) is 9.56. The molecule has 0 saturated carbocycles. The first kappa shape index (κ1) is 13.8. The Kier molecular flexibility index (Phi) is 4.25. The maximum Gasteiger partial charge on any atom is 0.225 e. The molecule has 110 valence electrons. The smallest absolute Gasteiger partial charge is 0.225 e. The average Bonchev–Trinajstić information content (AvgIpc) is 3.17. The molecule has 1 amide bonds. The fourth-order valence-electron chi connectivity index (χ4n) is 2.68. The molecule has 1 fully saturated rings. The summed E-state index contributed by atoms with van der Waals surface area (Å²) in [6.07, 6.45) is 3.12. The Hall–Kier alpha value is -2.21. The third kappa shape index (κ3) is 3.66. The van der Waals surface area contributed by atoms with E-state index in [-0.39, 0.29) is 5.91 Å². The summed E-state index contributed by atoms with van der Waals surface area (Å²) >= 11 is 0. The second kappa shape index (κ2) is 6.49. The van der Waals surface area contributed by atoms with E-state index in [1.54, 1.807) is 6.33 Å². The minimum absolute atomic E-state index is 0.0596. The first-order valence-corrected chi connectivity index (χ1v) is 7.24. The van der Waals surface area contributed by atoms with Crippen molar-refractivity contribution in [2.45, 2.75) is 18.8 Å². The van der Waals surface area contributed by atoms with Crippen molar-refractivity contribution in [2.75, 3.05) is 25.0 Å². The zero-order valence-corrected chi connectivity index (χ0v) is 11.8. The molecule has 0 bridgehead atoms. The predicted octanol–water partition coefficient (Wildman–Crippen LogP) is 1.62. The van der Waals surface area contributed by atoms with Gasteiger partial charge in [0.2, 0.25) is 5.91 Å². The minimum Gasteiger partial charge on any atom is -0.326 e. The van der Waals surface area contributed by atoms with Crippen LogP contribution in [0.4, 0.5) is 5.69 Å². The van der Waals surface area contributed by atoms with Gasteiger partial charge in [0, 0.05) is 31.1 Å². The molecule has 6 nitrogen and oxygen atoms in total. The Bertz CT molecular complexity index is 569. The van der Waals surface area contributed by atoms with Gasteiger partial charge in [-0.15, -0.1) is 0 Å². The fourth-order valence-corrected chi connectivity index (χ4v) is 2.68. The van der Waals surface area contributed by atoms with Crippen LogP contribution in [0.25, 0.3) is 0 Å². The van der Waals surface area contributed by atoms with E-state index in [1.807, 2.05) is 30.3 Å². The SMILES string of the molecule is O=C(CCN1CC[C@@H](c2ncn[nH]2)C1)Nc1ccccc1. The molecule has 0 aliphatic carbocycles. The second-order valence-corrected chi connectivity index (χ2v) is 5.32. The summed E-state index contributed by atoms with van der Waals surface area (Å²) in [5.41, 5.74) is 0.850. The van der Waals surface area contributed by atoms with Gasteiger partial charge in [-0.1, -0.05) is 18.2 Å². The number of carbonyl (C=O) groups is 1. The minimum atomic E-state index is 0.0596. The predicted molar refractivity (Wildman–Crippen MR) is 79.9 cm³/mol. The van der Waals surface area contributed by atoms with Gasteiger partial charge in [-0.25, -0.2) is 4.98 Å². The lowest BCUT2D eigenvalue weighted by atomic mass is 10.1. The third-order valence-electron chi connectivity index (χ3n) is 3.81. The number of aromatic nitrogens is 3. The van der Waals surface area contributed by atoms with Crippen LogP contribution in [0, 0.1) is 0 Å². The summed E-state index contributed by atoms with van der Waals surface area (Å²) in [5, 5.41) is 9.73. The highest BCUT2D eigenvalue weighted by molar-refractivity contribution is 5.90. The molecule has 1 aromatic carbocycles. The molecule has 0 radical (unpaired) electrons. The molecule has 0 spiro atoms. The van der Waals surface area contributed by atoms with E-state index in [1.165, 1.54) is 0 Å². The highest BCUT2D eigenvalue weighted by Crippen LogP contribution is 2.23. The van der Waals surface area contributed by atoms with Crippen LogP contribution in [0.15, 0.2) is 36.7 Å². The lowest BCUT2D eigenvalue weighted by molar-refractivity contribution is -0.116. The maximum absolute atomic E-state index is 11.9. The first-order chi connectivity index (χ1) is 10.3. The van der Waals surface area contributed by atoms with Gasteiger partial charge in [0.25, 0.3) is 0 Å². The lowest BCUT2D eigenvalue weighted by Crippen LogP contribution is -2.25. The van der Waals surface area contributed by atoms with E-state index < -0.39 is 0 Å². The standard InChI is InChI=1S/C15H19N5O/c21-14(18-13-4-2-1-3-5-13)7-9-20-8-6-12(10-20)15-16-11-17-19-15/h1-5,11-12H,6-10H2,(H,18,21)(H,16,17,19)/t12-/m1/s1. The highest BCUT2D eigenvalue weighted by atomic mass is 16.1. The van der Waals surface area contributed by atoms with Crippen molar-refractivity contribution in [3.63, 3.8) is 0 Å². The van der Waals surface area contributed by atoms with Crippen LogP contribution in [0.5, 0.6) is 0 Å². The summed E-state index contributed by atoms with van der Waals surface area (Å²) in [6.45, 7) is 2.72. The number of amides is 1. The molecule has 3 rings (SSSR count). The van der Waals surface area contributed by atoms with E-state index in [4.69, 9.17) is 0 Å². The van der Waals surface area contributed by atoms with Crippen LogP contribution in [0.1, 0.15) is 24.6 Å². The molecule has 1 aliphatic heterocycles. The van der Waals surface area contributed by atoms with E-state index in [2.05, 4.69) is 25.4 Å². The number of nitrogens with one attached hydrogen (secondary N) is 2. The highest BCUT2D eigenvalue weighted by Gasteiger charge is 2.25. The number of hydrogen-bond donors (Lipinski definition) is 2. The Morgan fingerprint density at radius 3 is 3.00 bits per heavy atom. The van der Waals surface area contributed by atoms with Crippen molar-refractivity contribution in [1.82, 2.24) is 20.1 Å². The largest absolute Gasteiger partial charge is 0.326 e. The van der Waals surface area contributed by atoms with Gasteiger partial charge in [0.1, 0.15) is 12.2 Å². The van der Waals surface area contributed by atoms with Crippen molar-refractivity contribution in [2.24, 2.45) is 0 Å². The Morgan fingerprint density at radius 1 is 1.38 bits per heavy atom. The molecule has 6 heteroatoms. The number of likely N-dealkylation sites (tertiary alicyclic amines) is 1. The van der Waals surface area contributed by atoms with E-state index >= 15 is 0 Å². The maximum atomic E-state index is 11.9. The Balaban J connectivity index is 1.43. The van der Waals surface area contributed by atoms with Crippen LogP contribution in [-0.4, -0.2) is 45.6 Å². The molecule has 21 heavy (non-hydrogen) atoms. The van der Waals surface area contributed by atoms with Gasteiger partial charge >= 0.3 is 0 Å². The fraction of sp³-hybridized carbons (Fsp3) is 0.400. The van der Waals surface area contributed by atoms with Crippen molar-refractivity contribution in [3.8, 4) is 0 Å². The molecule has 0 unspecified atom stereocenters. The molecule has 2 heterocycles. The Labute approximate surface area is 123 Å². The van der Waals surface area contributed by atoms with Crippen molar-refractivity contribution >= 4 is 11.6 Å². The topological polar surface area (TPSA) is 73.9 Å². The number of carbonyl (C=O) groups excluding carboxylic acids is 1. The quantitative estimate of drug-likeness (QED) is 0.875. The van der Waals surface area contributed by atoms with Crippen molar-refractivity contribution in [1.29, 1.82) is 0 Å². The summed E-state index contributed by atoms with van der Waals surface area (Å²) in [7, 11) is 0. The molecule has 1 saturated heterocycles. The van der Waals surface area contributed by atoms with E-state index in [9.17, 15) is 4.79 Å². The number of anilines is 1. The van der Waals surface area contributed by atoms with Crippen LogP contribution < -0.4 is 5.32 Å². The molecular formula is C15H19N5O. The second-order valence-electron chi connectivity index (χ2n) is 5.32. The molecule has 1 atom stereocenters. The summed E-state index contributed by atoms with van der Waals surface area (Å²) < 4.78 is 0. The Morgan fingerprint density at radius 2 is 2.24 bits per heavy atom. The van der Waals surface area contributed by atoms with Gasteiger partial charge < -0.3 is 10.2 Å². The van der Waals surface area contributed by atoms with Gasteiger partial charge in [-0.3, -0.25) is 9.89 Å². The van der Waals surface area contributed by atoms with Crippen LogP contribution in [0.3, 0.4) is 0 Å². The first-order valence-electron chi connectivity index (χ1n) is 7.24. The molecular weight excluding hydrogens is 266 g/mol. The number of aromatic amines is 1. The van der Waals surface area contributed by atoms with Gasteiger partial charge in [-0.2, -0.15) is 5.10 Å². The van der Waals surface area contributed by atoms with Crippen LogP contribution in [-0.2, 0) is 4.79 Å². The number of hydrogen-bond acceptors (Lipinski definition) is 4. The number of rotatable bonds is 5. The number of nitrogens with zero attached hydrogens (tertiary/aromatic N) is 3. The normalized spacial score (nSPS) is 18.8. The average molecular weight is 285 g/mol. The van der Waals surface area contributed by atoms with Crippen LogP contribution >= 0.6 is 0 Å². The molecule has 1 aliphatic rings. The van der Waals surface area contributed by atoms with E-state index in [0.29, 0.717) is 12.3 Å². The molecule has 2 N–H and O–H groups in total. The summed E-state index contributed by atoms with van der Waals surface area (Å²) in [5.74, 6) is 1.42. The monoisotopic (exact) mass is 285 g/mol. The zero-order chi connectivity index (χ0) is 14.5. The van der Waals surface area contributed by atoms with Gasteiger partial charge in [0.15, 0.2) is 0 Å². The molecule has 2 aromatic rings. The van der Waals surface area contributed by atoms with Gasteiger partial charge in [0.05, 0.1) is 0 Å². The number of H-pyrrole nitrogens is 1. The third-order valence-corrected chi connectivity index (χ3v) is 3.81. The molecule has 1 aromatic heterocycles. The van der Waals surface area contributed by atoms with Crippen molar-refractivity contribution in [3.05, 3.63) is 42.5 Å². The van der Waals surface area contributed by atoms with Crippen LogP contribution in [0.2, 0.25) is 0 Å². The number of para-hydroxylation sites is 1. The van der Waals surface area contributed by atoms with Crippen molar-refractivity contribution < 1.29 is 4.79 Å². The van der Waals surface area contributed by atoms with E-state index in [0.717, 1.165) is 37.6 Å². The summed E-state index contributed by atoms with van der Waals surface area (Å²) in [4.78, 5) is 18.4. The number of benzene rings is 1. The zero-order valence-electron chi connectivity index (χ0n) is 11.8. The lowest BCUT2D eigenvalue weighted by Gasteiger charge is -2.15.